The first-order valence-electron chi connectivity index (χ1n) is 10.9. The van der Waals surface area contributed by atoms with Gasteiger partial charge in [-0.3, -0.25) is 14.4 Å². The van der Waals surface area contributed by atoms with Gasteiger partial charge in [0.05, 0.1) is 0 Å². The summed E-state index contributed by atoms with van der Waals surface area (Å²) in [4.78, 5) is 41.6. The van der Waals surface area contributed by atoms with Crippen LogP contribution in [0.5, 0.6) is 0 Å². The average Bonchev–Trinajstić information content (AvgIpc) is 3.12. The van der Waals surface area contributed by atoms with E-state index in [2.05, 4.69) is 5.32 Å². The molecule has 0 saturated carbocycles. The van der Waals surface area contributed by atoms with Crippen molar-refractivity contribution in [3.05, 3.63) is 64.4 Å². The van der Waals surface area contributed by atoms with Gasteiger partial charge in [-0.2, -0.15) is 0 Å². The molecule has 4 rings (SSSR count). The largest absolute Gasteiger partial charge is 0.372 e. The Labute approximate surface area is 196 Å². The number of amides is 3. The Hall–Kier alpha value is -2.97. The lowest BCUT2D eigenvalue weighted by Gasteiger charge is -2.27. The van der Waals surface area contributed by atoms with E-state index in [4.69, 9.17) is 11.6 Å². The fraction of sp³-hybridized carbons (Fsp3) is 0.375. The van der Waals surface area contributed by atoms with Crippen LogP contribution in [0, 0.1) is 5.82 Å². The molecule has 1 unspecified atom stereocenters. The fourth-order valence-corrected chi connectivity index (χ4v) is 4.53. The number of rotatable bonds is 5. The molecular weight excluding hydrogens is 449 g/mol. The SMILES string of the molecule is O=C(c1cccc(N2CCC(O)(C(=O)NCc3cc(F)cc(Cl)c3)C2=O)c1)N1CCCCC1. The summed E-state index contributed by atoms with van der Waals surface area (Å²) in [6.07, 6.45) is 2.95. The third-order valence-electron chi connectivity index (χ3n) is 6.10. The first kappa shape index (κ1) is 23.2. The van der Waals surface area contributed by atoms with Crippen LogP contribution in [0.4, 0.5) is 10.1 Å². The maximum Gasteiger partial charge on any atom is 0.268 e. The van der Waals surface area contributed by atoms with Crippen LogP contribution in [0.1, 0.15) is 41.6 Å². The van der Waals surface area contributed by atoms with E-state index < -0.39 is 23.2 Å². The van der Waals surface area contributed by atoms with Crippen LogP contribution < -0.4 is 10.2 Å². The first-order valence-corrected chi connectivity index (χ1v) is 11.3. The van der Waals surface area contributed by atoms with Gasteiger partial charge in [0.15, 0.2) is 0 Å². The van der Waals surface area contributed by atoms with E-state index in [1.165, 1.54) is 17.0 Å². The zero-order chi connectivity index (χ0) is 23.6. The lowest BCUT2D eigenvalue weighted by Crippen LogP contribution is -2.52. The molecule has 0 bridgehead atoms. The molecule has 2 fully saturated rings. The Kier molecular flexibility index (Phi) is 6.67. The van der Waals surface area contributed by atoms with Crippen molar-refractivity contribution in [3.8, 4) is 0 Å². The van der Waals surface area contributed by atoms with Crippen LogP contribution in [0.25, 0.3) is 0 Å². The second-order valence-corrected chi connectivity index (χ2v) is 8.87. The molecule has 0 aromatic heterocycles. The molecule has 174 valence electrons. The maximum absolute atomic E-state index is 13.5. The van der Waals surface area contributed by atoms with Gasteiger partial charge in [-0.1, -0.05) is 17.7 Å². The van der Waals surface area contributed by atoms with Crippen LogP contribution >= 0.6 is 11.6 Å². The predicted molar refractivity (Wildman–Crippen MR) is 121 cm³/mol. The molecule has 1 atom stereocenters. The number of likely N-dealkylation sites (tertiary alicyclic amines) is 1. The van der Waals surface area contributed by atoms with Gasteiger partial charge in [0.1, 0.15) is 5.82 Å². The van der Waals surface area contributed by atoms with Crippen molar-refractivity contribution < 1.29 is 23.9 Å². The van der Waals surface area contributed by atoms with Gasteiger partial charge in [-0.15, -0.1) is 0 Å². The monoisotopic (exact) mass is 473 g/mol. The minimum atomic E-state index is -2.25. The predicted octanol–water partition coefficient (Wildman–Crippen LogP) is 2.89. The van der Waals surface area contributed by atoms with Crippen LogP contribution in [0.3, 0.4) is 0 Å². The van der Waals surface area contributed by atoms with Crippen molar-refractivity contribution in [2.75, 3.05) is 24.5 Å². The van der Waals surface area contributed by atoms with E-state index >= 15 is 0 Å². The molecule has 33 heavy (non-hydrogen) atoms. The molecule has 2 saturated heterocycles. The molecule has 0 spiro atoms. The smallest absolute Gasteiger partial charge is 0.268 e. The molecule has 9 heteroatoms. The number of hydrogen-bond donors (Lipinski definition) is 2. The van der Waals surface area contributed by atoms with Gasteiger partial charge in [-0.05, 0) is 61.2 Å². The molecule has 0 radical (unpaired) electrons. The third-order valence-corrected chi connectivity index (χ3v) is 6.31. The van der Waals surface area contributed by atoms with Crippen molar-refractivity contribution in [2.24, 2.45) is 0 Å². The van der Waals surface area contributed by atoms with E-state index in [9.17, 15) is 23.9 Å². The molecule has 2 aromatic carbocycles. The standard InChI is InChI=1S/C24H25ClFN3O4/c25-18-11-16(12-19(26)14-18)15-27-22(31)24(33)7-10-29(23(24)32)20-6-4-5-17(13-20)21(30)28-8-2-1-3-9-28/h4-6,11-14,33H,1-3,7-10,15H2,(H,27,31). The van der Waals surface area contributed by atoms with Gasteiger partial charge < -0.3 is 20.2 Å². The van der Waals surface area contributed by atoms with Crippen LogP contribution in [-0.4, -0.2) is 53.0 Å². The number of nitrogens with zero attached hydrogens (tertiary/aromatic N) is 2. The van der Waals surface area contributed by atoms with E-state index in [1.807, 2.05) is 0 Å². The van der Waals surface area contributed by atoms with Gasteiger partial charge in [0.25, 0.3) is 17.7 Å². The zero-order valence-electron chi connectivity index (χ0n) is 18.0. The molecule has 2 aromatic rings. The highest BCUT2D eigenvalue weighted by Crippen LogP contribution is 2.30. The van der Waals surface area contributed by atoms with Gasteiger partial charge in [0, 0.05) is 48.9 Å². The van der Waals surface area contributed by atoms with E-state index in [-0.39, 0.29) is 30.4 Å². The summed E-state index contributed by atoms with van der Waals surface area (Å²) in [5.74, 6) is -2.27. The minimum absolute atomic E-state index is 0.0915. The summed E-state index contributed by atoms with van der Waals surface area (Å²) < 4.78 is 13.5. The number of carbonyl (C=O) groups is 3. The molecular formula is C24H25ClFN3O4. The number of aliphatic hydroxyl groups is 1. The molecule has 2 heterocycles. The molecule has 3 amide bonds. The Morgan fingerprint density at radius 1 is 1.09 bits per heavy atom. The number of benzene rings is 2. The summed E-state index contributed by atoms with van der Waals surface area (Å²) in [5.41, 5.74) is -0.930. The molecule has 0 aliphatic carbocycles. The zero-order valence-corrected chi connectivity index (χ0v) is 18.8. The Morgan fingerprint density at radius 2 is 1.85 bits per heavy atom. The summed E-state index contributed by atoms with van der Waals surface area (Å²) in [5, 5.41) is 13.5. The highest BCUT2D eigenvalue weighted by Gasteiger charge is 2.51. The van der Waals surface area contributed by atoms with Crippen LogP contribution in [0.2, 0.25) is 5.02 Å². The summed E-state index contributed by atoms with van der Waals surface area (Å²) in [6.45, 7) is 1.45. The van der Waals surface area contributed by atoms with Crippen molar-refractivity contribution in [1.82, 2.24) is 10.2 Å². The second-order valence-electron chi connectivity index (χ2n) is 8.43. The topological polar surface area (TPSA) is 90.0 Å². The minimum Gasteiger partial charge on any atom is -0.372 e. The first-order chi connectivity index (χ1) is 15.8. The lowest BCUT2D eigenvalue weighted by atomic mass is 10.0. The number of piperidine rings is 1. The molecule has 2 N–H and O–H groups in total. The number of hydrogen-bond acceptors (Lipinski definition) is 4. The van der Waals surface area contributed by atoms with Crippen molar-refractivity contribution in [3.63, 3.8) is 0 Å². The number of nitrogens with one attached hydrogen (secondary N) is 1. The molecule has 2 aliphatic heterocycles. The van der Waals surface area contributed by atoms with Gasteiger partial charge >= 0.3 is 0 Å². The number of halogens is 2. The highest BCUT2D eigenvalue weighted by molar-refractivity contribution is 6.30. The van der Waals surface area contributed by atoms with E-state index in [0.717, 1.165) is 25.3 Å². The second kappa shape index (κ2) is 9.49. The van der Waals surface area contributed by atoms with Crippen LogP contribution in [0.15, 0.2) is 42.5 Å². The fourth-order valence-electron chi connectivity index (χ4n) is 4.29. The molecule has 7 nitrogen and oxygen atoms in total. The Bertz CT molecular complexity index is 1070. The average molecular weight is 474 g/mol. The normalized spacial score (nSPS) is 20.8. The van der Waals surface area contributed by atoms with Gasteiger partial charge in [-0.25, -0.2) is 4.39 Å². The van der Waals surface area contributed by atoms with Crippen molar-refractivity contribution in [2.45, 2.75) is 37.8 Å². The number of anilines is 1. The van der Waals surface area contributed by atoms with Crippen molar-refractivity contribution >= 4 is 35.0 Å². The maximum atomic E-state index is 13.5. The quantitative estimate of drug-likeness (QED) is 0.653. The highest BCUT2D eigenvalue weighted by atomic mass is 35.5. The summed E-state index contributed by atoms with van der Waals surface area (Å²) in [6, 6.07) is 10.5. The third kappa shape index (κ3) is 4.86. The van der Waals surface area contributed by atoms with Crippen molar-refractivity contribution in [1.29, 1.82) is 0 Å². The number of carbonyl (C=O) groups excluding carboxylic acids is 3. The summed E-state index contributed by atoms with van der Waals surface area (Å²) >= 11 is 5.82. The summed E-state index contributed by atoms with van der Waals surface area (Å²) in [7, 11) is 0. The molecule has 2 aliphatic rings. The van der Waals surface area contributed by atoms with E-state index in [0.29, 0.717) is 29.9 Å². The van der Waals surface area contributed by atoms with Gasteiger partial charge in [0.2, 0.25) is 5.60 Å². The van der Waals surface area contributed by atoms with E-state index in [1.54, 1.807) is 29.2 Å². The van der Waals surface area contributed by atoms with Crippen LogP contribution in [-0.2, 0) is 16.1 Å². The lowest BCUT2D eigenvalue weighted by molar-refractivity contribution is -0.149. The Morgan fingerprint density at radius 3 is 2.58 bits per heavy atom. The Balaban J connectivity index is 1.45.